The standard InChI is InChI=1S/C25H35N9O5S/c1-12-20-19(13(2)29-18(35)10-33-11-28-30-31-33)24(37)34(20)21(25(38)39)22(12)40-15-7-16(27-8-15)23(36)32-6-4-14-3-5-26-17(14)9-32/h11-17,19-20,26-27H,3-10H2,1-2H3,(H,29,35)(H,38,39)/t12-,13-,14?,15+,16+,17?,19-,20-/m1/s1. The fraction of sp³-hybridized carbons (Fsp3) is 0.720. The third-order valence-corrected chi connectivity index (χ3v) is 10.6. The minimum absolute atomic E-state index is 0.0172. The number of nitrogens with one attached hydrogen (secondary N) is 3. The fourth-order valence-corrected chi connectivity index (χ4v) is 8.58. The van der Waals surface area contributed by atoms with Gasteiger partial charge in [0.15, 0.2) is 0 Å². The highest BCUT2D eigenvalue weighted by molar-refractivity contribution is 8.03. The molecule has 4 N–H and O–H groups in total. The van der Waals surface area contributed by atoms with Gasteiger partial charge >= 0.3 is 5.97 Å². The number of nitrogens with zero attached hydrogens (tertiary/aromatic N) is 6. The van der Waals surface area contributed by atoms with Crippen LogP contribution >= 0.6 is 11.8 Å². The minimum atomic E-state index is -1.13. The van der Waals surface area contributed by atoms with E-state index in [-0.39, 0.29) is 53.2 Å². The van der Waals surface area contributed by atoms with Crippen molar-refractivity contribution in [3.05, 3.63) is 16.9 Å². The molecule has 15 heteroatoms. The molecule has 8 atom stereocenters. The Labute approximate surface area is 235 Å². The Morgan fingerprint density at radius 1 is 1.27 bits per heavy atom. The lowest BCUT2D eigenvalue weighted by Crippen LogP contribution is -2.66. The first-order chi connectivity index (χ1) is 19.2. The number of β-lactam (4-membered cyclic amide) rings is 1. The molecule has 0 saturated carbocycles. The van der Waals surface area contributed by atoms with Crippen molar-refractivity contribution in [2.75, 3.05) is 26.2 Å². The Hall–Kier alpha value is -3.04. The number of aromatic nitrogens is 4. The number of likely N-dealkylation sites (tertiary alicyclic amines) is 1. The zero-order valence-corrected chi connectivity index (χ0v) is 23.3. The lowest BCUT2D eigenvalue weighted by Gasteiger charge is -2.47. The maximum atomic E-state index is 13.3. The Morgan fingerprint density at radius 2 is 2.10 bits per heavy atom. The summed E-state index contributed by atoms with van der Waals surface area (Å²) >= 11 is 1.47. The molecule has 0 bridgehead atoms. The summed E-state index contributed by atoms with van der Waals surface area (Å²) in [5, 5.41) is 30.5. The maximum absolute atomic E-state index is 13.3. The quantitative estimate of drug-likeness (QED) is 0.270. The van der Waals surface area contributed by atoms with Gasteiger partial charge in [-0.25, -0.2) is 9.48 Å². The summed E-state index contributed by atoms with van der Waals surface area (Å²) in [6, 6.07) is -0.749. The van der Waals surface area contributed by atoms with Crippen LogP contribution in [0.15, 0.2) is 16.9 Å². The van der Waals surface area contributed by atoms with Gasteiger partial charge in [0.1, 0.15) is 18.6 Å². The van der Waals surface area contributed by atoms with E-state index in [4.69, 9.17) is 0 Å². The number of fused-ring (bicyclic) bond motifs is 2. The number of amides is 3. The zero-order chi connectivity index (χ0) is 28.1. The number of hydrogen-bond acceptors (Lipinski definition) is 10. The summed E-state index contributed by atoms with van der Waals surface area (Å²) in [6.07, 6.45) is 4.15. The second-order valence-electron chi connectivity index (χ2n) is 11.5. The molecular formula is C25H35N9O5S. The highest BCUT2D eigenvalue weighted by Crippen LogP contribution is 2.51. The van der Waals surface area contributed by atoms with Gasteiger partial charge in [0.2, 0.25) is 17.7 Å². The van der Waals surface area contributed by atoms with Crippen molar-refractivity contribution in [2.24, 2.45) is 17.8 Å². The molecule has 5 aliphatic heterocycles. The molecule has 6 heterocycles. The van der Waals surface area contributed by atoms with Crippen molar-refractivity contribution in [3.8, 4) is 0 Å². The van der Waals surface area contributed by atoms with E-state index >= 15 is 0 Å². The molecular weight excluding hydrogens is 538 g/mol. The first-order valence-corrected chi connectivity index (χ1v) is 14.8. The van der Waals surface area contributed by atoms with Crippen LogP contribution in [0, 0.1) is 17.8 Å². The summed E-state index contributed by atoms with van der Waals surface area (Å²) in [4.78, 5) is 55.3. The van der Waals surface area contributed by atoms with Crippen LogP contribution in [0.25, 0.3) is 0 Å². The van der Waals surface area contributed by atoms with Gasteiger partial charge in [0.25, 0.3) is 0 Å². The van der Waals surface area contributed by atoms with Crippen LogP contribution < -0.4 is 16.0 Å². The van der Waals surface area contributed by atoms with E-state index in [0.717, 1.165) is 26.1 Å². The van der Waals surface area contributed by atoms with E-state index in [0.29, 0.717) is 29.8 Å². The summed E-state index contributed by atoms with van der Waals surface area (Å²) in [7, 11) is 0. The van der Waals surface area contributed by atoms with Crippen molar-refractivity contribution >= 4 is 35.5 Å². The van der Waals surface area contributed by atoms with E-state index < -0.39 is 17.9 Å². The van der Waals surface area contributed by atoms with Crippen LogP contribution in [0.4, 0.5) is 0 Å². The van der Waals surface area contributed by atoms with Gasteiger partial charge < -0.3 is 30.9 Å². The number of aliphatic carboxylic acids is 1. The van der Waals surface area contributed by atoms with Gasteiger partial charge in [-0.2, -0.15) is 0 Å². The smallest absolute Gasteiger partial charge is 0.353 e. The summed E-state index contributed by atoms with van der Waals surface area (Å²) in [6.45, 7) is 6.76. The van der Waals surface area contributed by atoms with Gasteiger partial charge in [0, 0.05) is 47.8 Å². The van der Waals surface area contributed by atoms with E-state index in [9.17, 15) is 24.3 Å². The average Bonchev–Trinajstić information content (AvgIpc) is 3.71. The van der Waals surface area contributed by atoms with Crippen LogP contribution in [-0.4, -0.2) is 114 Å². The molecule has 5 aliphatic rings. The number of carboxylic acid groups (broad SMARTS) is 1. The van der Waals surface area contributed by atoms with E-state index in [1.54, 1.807) is 6.92 Å². The number of carbonyl (C=O) groups is 4. The molecule has 0 aliphatic carbocycles. The third-order valence-electron chi connectivity index (χ3n) is 9.09. The van der Waals surface area contributed by atoms with Crippen LogP contribution in [0.1, 0.15) is 33.1 Å². The molecule has 4 fully saturated rings. The fourth-order valence-electron chi connectivity index (χ4n) is 7.10. The molecule has 0 aromatic carbocycles. The normalized spacial score (nSPS) is 34.0. The number of hydrogen-bond donors (Lipinski definition) is 4. The topological polar surface area (TPSA) is 175 Å². The Balaban J connectivity index is 1.08. The van der Waals surface area contributed by atoms with Gasteiger partial charge in [-0.05, 0) is 49.1 Å². The molecule has 0 radical (unpaired) electrons. The summed E-state index contributed by atoms with van der Waals surface area (Å²) < 4.78 is 1.29. The third kappa shape index (κ3) is 4.77. The first-order valence-electron chi connectivity index (χ1n) is 14.0. The monoisotopic (exact) mass is 573 g/mol. The first kappa shape index (κ1) is 27.1. The van der Waals surface area contributed by atoms with Crippen molar-refractivity contribution in [1.82, 2.24) is 46.0 Å². The predicted molar refractivity (Wildman–Crippen MR) is 142 cm³/mol. The van der Waals surface area contributed by atoms with E-state index in [1.807, 2.05) is 11.8 Å². The molecule has 4 saturated heterocycles. The largest absolute Gasteiger partial charge is 0.477 e. The molecule has 2 unspecified atom stereocenters. The Bertz CT molecular complexity index is 1230. The molecule has 1 aromatic rings. The number of piperidine rings is 1. The number of carboxylic acids is 1. The number of thioether (sulfide) groups is 1. The van der Waals surface area contributed by atoms with Crippen molar-refractivity contribution in [2.45, 2.75) is 69.1 Å². The van der Waals surface area contributed by atoms with Crippen LogP contribution in [0.2, 0.25) is 0 Å². The maximum Gasteiger partial charge on any atom is 0.353 e. The second kappa shape index (κ2) is 10.7. The summed E-state index contributed by atoms with van der Waals surface area (Å²) in [5.74, 6) is -1.74. The molecule has 216 valence electrons. The van der Waals surface area contributed by atoms with Gasteiger partial charge in [-0.1, -0.05) is 6.92 Å². The number of rotatable bonds is 8. The highest BCUT2D eigenvalue weighted by Gasteiger charge is 2.60. The van der Waals surface area contributed by atoms with Crippen LogP contribution in [-0.2, 0) is 25.7 Å². The van der Waals surface area contributed by atoms with Crippen molar-refractivity contribution < 1.29 is 24.3 Å². The highest BCUT2D eigenvalue weighted by atomic mass is 32.2. The minimum Gasteiger partial charge on any atom is -0.477 e. The van der Waals surface area contributed by atoms with Crippen molar-refractivity contribution in [3.63, 3.8) is 0 Å². The Kier molecular flexibility index (Phi) is 7.29. The van der Waals surface area contributed by atoms with E-state index in [2.05, 4.69) is 31.5 Å². The molecule has 40 heavy (non-hydrogen) atoms. The lowest BCUT2D eigenvalue weighted by atomic mass is 9.78. The number of tetrazole rings is 1. The predicted octanol–water partition coefficient (Wildman–Crippen LogP) is -1.38. The molecule has 1 aromatic heterocycles. The SMILES string of the molecule is C[C@@H](NC(=O)Cn1cnnn1)[C@H]1C(=O)N2C(C(=O)O)=C(S[C@@H]3CN[C@H](C(=O)N4CCC5CCNC5C4)C3)[C@H](C)[C@H]12. The van der Waals surface area contributed by atoms with Crippen LogP contribution in [0.5, 0.6) is 0 Å². The van der Waals surface area contributed by atoms with Gasteiger partial charge in [-0.3, -0.25) is 14.4 Å². The molecule has 0 spiro atoms. The average molecular weight is 574 g/mol. The van der Waals surface area contributed by atoms with Gasteiger partial charge in [0.05, 0.1) is 18.0 Å². The lowest BCUT2D eigenvalue weighted by molar-refractivity contribution is -0.158. The molecule has 6 rings (SSSR count). The van der Waals surface area contributed by atoms with Crippen molar-refractivity contribution in [1.29, 1.82) is 0 Å². The summed E-state index contributed by atoms with van der Waals surface area (Å²) in [5.41, 5.74) is 0.0279. The van der Waals surface area contributed by atoms with Gasteiger partial charge in [-0.15, -0.1) is 16.9 Å². The zero-order valence-electron chi connectivity index (χ0n) is 22.5. The van der Waals surface area contributed by atoms with E-state index in [1.165, 1.54) is 34.1 Å². The second-order valence-corrected chi connectivity index (χ2v) is 12.9. The molecule has 3 amide bonds. The molecule has 14 nitrogen and oxygen atoms in total. The number of carbonyl (C=O) groups excluding carboxylic acids is 3. The van der Waals surface area contributed by atoms with Crippen LogP contribution in [0.3, 0.4) is 0 Å². The Morgan fingerprint density at radius 3 is 2.85 bits per heavy atom.